The average molecular weight is 216 g/mol. The Kier molecular flexibility index (Phi) is 2.48. The van der Waals surface area contributed by atoms with Crippen LogP contribution in [-0.4, -0.2) is 20.6 Å². The van der Waals surface area contributed by atoms with E-state index in [4.69, 9.17) is 5.11 Å². The summed E-state index contributed by atoms with van der Waals surface area (Å²) in [6.45, 7) is 1.93. The number of nitrogens with zero attached hydrogens (tertiary/aromatic N) is 2. The van der Waals surface area contributed by atoms with Crippen LogP contribution in [0.3, 0.4) is 0 Å². The van der Waals surface area contributed by atoms with Gasteiger partial charge in [0, 0.05) is 25.0 Å². The standard InChI is InChI=1S/C12H12N2O2/c1-8-3-4-9(12(15)16)10(7-8)11-13-5-6-14(11)2/h3-7H,1-2H3,(H,15,16). The third kappa shape index (κ3) is 1.69. The quantitative estimate of drug-likeness (QED) is 0.836. The topological polar surface area (TPSA) is 55.1 Å². The summed E-state index contributed by atoms with van der Waals surface area (Å²) < 4.78 is 1.81. The number of aromatic nitrogens is 2. The van der Waals surface area contributed by atoms with Crippen LogP contribution in [0.4, 0.5) is 0 Å². The number of carboxylic acids is 1. The zero-order valence-corrected chi connectivity index (χ0v) is 9.14. The molecule has 2 aromatic rings. The summed E-state index contributed by atoms with van der Waals surface area (Å²) in [5.74, 6) is -0.265. The van der Waals surface area contributed by atoms with E-state index >= 15 is 0 Å². The van der Waals surface area contributed by atoms with Gasteiger partial charge in [0.2, 0.25) is 0 Å². The summed E-state index contributed by atoms with van der Waals surface area (Å²) in [4.78, 5) is 15.3. The number of benzene rings is 1. The molecule has 1 N–H and O–H groups in total. The third-order valence-electron chi connectivity index (χ3n) is 2.47. The molecule has 0 unspecified atom stereocenters. The molecule has 4 heteroatoms. The Morgan fingerprint density at radius 3 is 2.75 bits per heavy atom. The molecule has 82 valence electrons. The molecule has 16 heavy (non-hydrogen) atoms. The van der Waals surface area contributed by atoms with Gasteiger partial charge in [0.25, 0.3) is 0 Å². The van der Waals surface area contributed by atoms with E-state index in [0.29, 0.717) is 11.4 Å². The molecule has 1 aromatic carbocycles. The molecule has 0 aliphatic heterocycles. The van der Waals surface area contributed by atoms with Gasteiger partial charge >= 0.3 is 5.97 Å². The second-order valence-electron chi connectivity index (χ2n) is 3.72. The van der Waals surface area contributed by atoms with E-state index in [1.165, 1.54) is 0 Å². The van der Waals surface area contributed by atoms with E-state index in [2.05, 4.69) is 4.98 Å². The summed E-state index contributed by atoms with van der Waals surface area (Å²) >= 11 is 0. The van der Waals surface area contributed by atoms with E-state index in [1.807, 2.05) is 20.0 Å². The predicted octanol–water partition coefficient (Wildman–Crippen LogP) is 2.09. The number of carbonyl (C=O) groups is 1. The van der Waals surface area contributed by atoms with Crippen molar-refractivity contribution in [2.75, 3.05) is 0 Å². The van der Waals surface area contributed by atoms with Crippen LogP contribution >= 0.6 is 0 Å². The van der Waals surface area contributed by atoms with Crippen molar-refractivity contribution in [3.05, 3.63) is 41.7 Å². The number of aromatic carboxylic acids is 1. The van der Waals surface area contributed by atoms with E-state index in [1.54, 1.807) is 29.1 Å². The van der Waals surface area contributed by atoms with E-state index < -0.39 is 5.97 Å². The first-order valence-electron chi connectivity index (χ1n) is 4.91. The van der Waals surface area contributed by atoms with Crippen LogP contribution in [0.5, 0.6) is 0 Å². The number of carboxylic acid groups (broad SMARTS) is 1. The summed E-state index contributed by atoms with van der Waals surface area (Å²) in [7, 11) is 1.84. The van der Waals surface area contributed by atoms with Crippen LogP contribution < -0.4 is 0 Å². The maximum absolute atomic E-state index is 11.1. The van der Waals surface area contributed by atoms with Crippen molar-refractivity contribution in [3.63, 3.8) is 0 Å². The lowest BCUT2D eigenvalue weighted by Gasteiger charge is -2.07. The van der Waals surface area contributed by atoms with Crippen molar-refractivity contribution in [1.82, 2.24) is 9.55 Å². The smallest absolute Gasteiger partial charge is 0.336 e. The van der Waals surface area contributed by atoms with Crippen molar-refractivity contribution >= 4 is 5.97 Å². The highest BCUT2D eigenvalue weighted by Crippen LogP contribution is 2.23. The fourth-order valence-corrected chi connectivity index (χ4v) is 1.65. The van der Waals surface area contributed by atoms with Gasteiger partial charge in [0.05, 0.1) is 5.56 Å². The first kappa shape index (κ1) is 10.4. The first-order chi connectivity index (χ1) is 7.59. The van der Waals surface area contributed by atoms with Gasteiger partial charge in [-0.15, -0.1) is 0 Å². The largest absolute Gasteiger partial charge is 0.478 e. The number of imidazole rings is 1. The summed E-state index contributed by atoms with van der Waals surface area (Å²) in [5, 5.41) is 9.11. The highest BCUT2D eigenvalue weighted by atomic mass is 16.4. The maximum Gasteiger partial charge on any atom is 0.336 e. The Morgan fingerprint density at radius 1 is 1.44 bits per heavy atom. The summed E-state index contributed by atoms with van der Waals surface area (Å²) in [6.07, 6.45) is 3.45. The Morgan fingerprint density at radius 2 is 2.19 bits per heavy atom. The molecule has 2 rings (SSSR count). The van der Waals surface area contributed by atoms with Crippen molar-refractivity contribution in [3.8, 4) is 11.4 Å². The molecule has 0 saturated carbocycles. The minimum absolute atomic E-state index is 0.278. The maximum atomic E-state index is 11.1. The summed E-state index contributed by atoms with van der Waals surface area (Å²) in [6, 6.07) is 5.24. The molecule has 0 aliphatic rings. The molecule has 0 fully saturated rings. The number of hydrogen-bond acceptors (Lipinski definition) is 2. The molecule has 0 radical (unpaired) electrons. The van der Waals surface area contributed by atoms with Gasteiger partial charge in [-0.3, -0.25) is 0 Å². The molecule has 0 spiro atoms. The SMILES string of the molecule is Cc1ccc(C(=O)O)c(-c2nccn2C)c1. The second kappa shape index (κ2) is 3.81. The third-order valence-corrected chi connectivity index (χ3v) is 2.47. The molecule has 0 bridgehead atoms. The fraction of sp³-hybridized carbons (Fsp3) is 0.167. The molecule has 0 amide bonds. The van der Waals surface area contributed by atoms with E-state index in [0.717, 1.165) is 5.56 Å². The van der Waals surface area contributed by atoms with Gasteiger partial charge in [-0.05, 0) is 19.1 Å². The normalized spacial score (nSPS) is 10.4. The lowest BCUT2D eigenvalue weighted by atomic mass is 10.0. The van der Waals surface area contributed by atoms with Gasteiger partial charge in [0.15, 0.2) is 0 Å². The van der Waals surface area contributed by atoms with E-state index in [-0.39, 0.29) is 5.56 Å². The molecular weight excluding hydrogens is 204 g/mol. The fourth-order valence-electron chi connectivity index (χ4n) is 1.65. The minimum Gasteiger partial charge on any atom is -0.478 e. The molecule has 0 atom stereocenters. The lowest BCUT2D eigenvalue weighted by molar-refractivity contribution is 0.0697. The van der Waals surface area contributed by atoms with Crippen molar-refractivity contribution in [1.29, 1.82) is 0 Å². The van der Waals surface area contributed by atoms with Crippen molar-refractivity contribution < 1.29 is 9.90 Å². The number of hydrogen-bond donors (Lipinski definition) is 1. The number of aryl methyl sites for hydroxylation is 2. The zero-order valence-electron chi connectivity index (χ0n) is 9.14. The van der Waals surface area contributed by atoms with Crippen molar-refractivity contribution in [2.24, 2.45) is 7.05 Å². The predicted molar refractivity (Wildman–Crippen MR) is 60.3 cm³/mol. The van der Waals surface area contributed by atoms with Crippen LogP contribution in [0.15, 0.2) is 30.6 Å². The Labute approximate surface area is 93.2 Å². The molecule has 4 nitrogen and oxygen atoms in total. The molecular formula is C12H12N2O2. The van der Waals surface area contributed by atoms with Gasteiger partial charge in [0.1, 0.15) is 5.82 Å². The Balaban J connectivity index is 2.67. The first-order valence-corrected chi connectivity index (χ1v) is 4.91. The highest BCUT2D eigenvalue weighted by molar-refractivity contribution is 5.95. The molecule has 1 heterocycles. The van der Waals surface area contributed by atoms with Gasteiger partial charge in [-0.1, -0.05) is 11.6 Å². The summed E-state index contributed by atoms with van der Waals surface area (Å²) in [5.41, 5.74) is 1.95. The number of rotatable bonds is 2. The molecule has 0 aliphatic carbocycles. The molecule has 0 saturated heterocycles. The van der Waals surface area contributed by atoms with Gasteiger partial charge in [-0.25, -0.2) is 9.78 Å². The second-order valence-corrected chi connectivity index (χ2v) is 3.72. The Hall–Kier alpha value is -2.10. The van der Waals surface area contributed by atoms with Crippen LogP contribution in [-0.2, 0) is 7.05 Å². The molecule has 1 aromatic heterocycles. The van der Waals surface area contributed by atoms with Crippen molar-refractivity contribution in [2.45, 2.75) is 6.92 Å². The minimum atomic E-state index is -0.932. The monoisotopic (exact) mass is 216 g/mol. The van der Waals surface area contributed by atoms with Gasteiger partial charge < -0.3 is 9.67 Å². The van der Waals surface area contributed by atoms with E-state index in [9.17, 15) is 4.79 Å². The zero-order chi connectivity index (χ0) is 11.7. The lowest BCUT2D eigenvalue weighted by Crippen LogP contribution is -2.02. The van der Waals surface area contributed by atoms with Crippen LogP contribution in [0, 0.1) is 6.92 Å². The van der Waals surface area contributed by atoms with Crippen LogP contribution in [0.25, 0.3) is 11.4 Å². The van der Waals surface area contributed by atoms with Crippen LogP contribution in [0.2, 0.25) is 0 Å². The Bertz CT molecular complexity index is 544. The van der Waals surface area contributed by atoms with Crippen LogP contribution in [0.1, 0.15) is 15.9 Å². The van der Waals surface area contributed by atoms with Gasteiger partial charge in [-0.2, -0.15) is 0 Å². The highest BCUT2D eigenvalue weighted by Gasteiger charge is 2.14. The average Bonchev–Trinajstić information content (AvgIpc) is 2.63.